The first kappa shape index (κ1) is 14.0. The molecule has 4 N–H and O–H groups in total. The van der Waals surface area contributed by atoms with E-state index in [0.717, 1.165) is 17.1 Å². The Morgan fingerprint density at radius 3 is 2.55 bits per heavy atom. The van der Waals surface area contributed by atoms with Gasteiger partial charge in [-0.2, -0.15) is 0 Å². The van der Waals surface area contributed by atoms with Gasteiger partial charge in [-0.25, -0.2) is 0 Å². The number of nitrogens with two attached hydrogens (primary N) is 1. The van der Waals surface area contributed by atoms with Crippen molar-refractivity contribution in [2.24, 2.45) is 5.73 Å². The molecule has 1 amide bonds. The van der Waals surface area contributed by atoms with Gasteiger partial charge in [-0.3, -0.25) is 9.78 Å². The number of nitrogens with one attached hydrogen (secondary N) is 2. The molecule has 1 heterocycles. The van der Waals surface area contributed by atoms with Crippen LogP contribution in [0.5, 0.6) is 0 Å². The smallest absolute Gasteiger partial charge is 0.221 e. The zero-order chi connectivity index (χ0) is 14.5. The van der Waals surface area contributed by atoms with Crippen molar-refractivity contribution in [2.75, 3.05) is 10.6 Å². The summed E-state index contributed by atoms with van der Waals surface area (Å²) in [5.41, 5.74) is 8.46. The summed E-state index contributed by atoms with van der Waals surface area (Å²) in [4.78, 5) is 15.4. The molecule has 0 saturated heterocycles. The van der Waals surface area contributed by atoms with E-state index in [1.165, 1.54) is 6.92 Å². The summed E-state index contributed by atoms with van der Waals surface area (Å²) in [6, 6.07) is 11.0. The number of hydrogen-bond donors (Lipinski definition) is 3. The zero-order valence-electron chi connectivity index (χ0n) is 10.9. The van der Waals surface area contributed by atoms with E-state index in [4.69, 9.17) is 18.0 Å². The molecule has 1 aromatic carbocycles. The van der Waals surface area contributed by atoms with Gasteiger partial charge in [-0.1, -0.05) is 18.3 Å². The maximum Gasteiger partial charge on any atom is 0.221 e. The maximum atomic E-state index is 11.0. The third-order valence-corrected chi connectivity index (χ3v) is 2.70. The summed E-state index contributed by atoms with van der Waals surface area (Å²) in [7, 11) is 0. The van der Waals surface area contributed by atoms with Crippen molar-refractivity contribution in [3.8, 4) is 0 Å². The van der Waals surface area contributed by atoms with E-state index >= 15 is 0 Å². The second kappa shape index (κ2) is 6.12. The molecule has 2 rings (SSSR count). The fourth-order valence-corrected chi connectivity index (χ4v) is 1.78. The van der Waals surface area contributed by atoms with Crippen LogP contribution in [0.2, 0.25) is 0 Å². The fourth-order valence-electron chi connectivity index (χ4n) is 1.66. The number of benzene rings is 1. The van der Waals surface area contributed by atoms with Gasteiger partial charge in [-0.05, 0) is 30.3 Å². The summed E-state index contributed by atoms with van der Waals surface area (Å²) in [6.07, 6.45) is 1.65. The molecule has 0 atom stereocenters. The minimum Gasteiger partial charge on any atom is -0.388 e. The van der Waals surface area contributed by atoms with Crippen molar-refractivity contribution in [3.05, 3.63) is 48.3 Å². The highest BCUT2D eigenvalue weighted by molar-refractivity contribution is 7.80. The molecular formula is C14H14N4OS. The number of nitrogens with zero attached hydrogens (tertiary/aromatic N) is 1. The Balaban J connectivity index is 2.13. The second-order valence-corrected chi connectivity index (χ2v) is 4.62. The van der Waals surface area contributed by atoms with E-state index in [-0.39, 0.29) is 10.9 Å². The summed E-state index contributed by atoms with van der Waals surface area (Å²) < 4.78 is 0. The third-order valence-electron chi connectivity index (χ3n) is 2.49. The number of amides is 1. The molecule has 2 aromatic rings. The predicted molar refractivity (Wildman–Crippen MR) is 84.2 cm³/mol. The minimum absolute atomic E-state index is 0.107. The molecule has 0 aliphatic rings. The van der Waals surface area contributed by atoms with E-state index in [2.05, 4.69) is 15.6 Å². The first-order valence-corrected chi connectivity index (χ1v) is 6.36. The zero-order valence-corrected chi connectivity index (χ0v) is 11.7. The molecule has 0 fully saturated rings. The Kier molecular flexibility index (Phi) is 4.27. The Morgan fingerprint density at radius 2 is 1.95 bits per heavy atom. The molecule has 1 aromatic heterocycles. The van der Waals surface area contributed by atoms with Crippen molar-refractivity contribution < 1.29 is 4.79 Å². The van der Waals surface area contributed by atoms with Crippen molar-refractivity contribution in [3.63, 3.8) is 0 Å². The molecular weight excluding hydrogens is 272 g/mol. The van der Waals surface area contributed by atoms with Crippen molar-refractivity contribution >= 4 is 40.2 Å². The molecule has 0 spiro atoms. The Bertz CT molecular complexity index is 640. The van der Waals surface area contributed by atoms with Gasteiger partial charge in [0.2, 0.25) is 5.91 Å². The summed E-state index contributed by atoms with van der Waals surface area (Å²) in [6.45, 7) is 1.47. The average molecular weight is 286 g/mol. The first-order chi connectivity index (χ1) is 9.54. The van der Waals surface area contributed by atoms with Crippen LogP contribution < -0.4 is 16.4 Å². The Labute approximate surface area is 122 Å². The van der Waals surface area contributed by atoms with Gasteiger partial charge in [-0.15, -0.1) is 0 Å². The quantitative estimate of drug-likeness (QED) is 0.752. The molecule has 0 radical (unpaired) electrons. The highest BCUT2D eigenvalue weighted by Crippen LogP contribution is 2.19. The van der Waals surface area contributed by atoms with E-state index < -0.39 is 0 Å². The van der Waals surface area contributed by atoms with Crippen LogP contribution in [0.3, 0.4) is 0 Å². The molecule has 5 nitrogen and oxygen atoms in total. The van der Waals surface area contributed by atoms with E-state index in [9.17, 15) is 4.79 Å². The Hall–Kier alpha value is -2.47. The number of anilines is 3. The first-order valence-electron chi connectivity index (χ1n) is 5.95. The van der Waals surface area contributed by atoms with Crippen LogP contribution in [0.15, 0.2) is 42.6 Å². The van der Waals surface area contributed by atoms with Crippen LogP contribution >= 0.6 is 12.2 Å². The van der Waals surface area contributed by atoms with E-state index in [1.54, 1.807) is 12.3 Å². The molecule has 0 aliphatic heterocycles. The average Bonchev–Trinajstić information content (AvgIpc) is 2.39. The number of thiocarbonyl (C=S) groups is 1. The van der Waals surface area contributed by atoms with E-state index in [0.29, 0.717) is 5.69 Å². The van der Waals surface area contributed by atoms with Gasteiger partial charge in [0.05, 0.1) is 17.6 Å². The van der Waals surface area contributed by atoms with Crippen molar-refractivity contribution in [1.29, 1.82) is 0 Å². The number of hydrogen-bond acceptors (Lipinski definition) is 4. The molecule has 0 unspecified atom stereocenters. The molecule has 0 bridgehead atoms. The largest absolute Gasteiger partial charge is 0.388 e. The monoisotopic (exact) mass is 286 g/mol. The standard InChI is InChI=1S/C14H14N4OS/c1-9(19)17-10-3-2-4-11(7-10)18-12-5-6-13(14(15)20)16-8-12/h2-8,18H,1H3,(H2,15,20)(H,17,19). The van der Waals surface area contributed by atoms with Gasteiger partial charge >= 0.3 is 0 Å². The predicted octanol–water partition coefficient (Wildman–Crippen LogP) is 2.42. The molecule has 0 saturated carbocycles. The fraction of sp³-hybridized carbons (Fsp3) is 0.0714. The maximum absolute atomic E-state index is 11.0. The van der Waals surface area contributed by atoms with Crippen LogP contribution in [-0.4, -0.2) is 15.9 Å². The lowest BCUT2D eigenvalue weighted by Gasteiger charge is -2.09. The number of aromatic nitrogens is 1. The lowest BCUT2D eigenvalue weighted by atomic mass is 10.2. The SMILES string of the molecule is CC(=O)Nc1cccc(Nc2ccc(C(N)=S)nc2)c1. The lowest BCUT2D eigenvalue weighted by molar-refractivity contribution is -0.114. The number of rotatable bonds is 4. The van der Waals surface area contributed by atoms with Gasteiger partial charge in [0.25, 0.3) is 0 Å². The summed E-state index contributed by atoms with van der Waals surface area (Å²) in [5, 5.41) is 5.91. The minimum atomic E-state index is -0.107. The normalized spacial score (nSPS) is 9.85. The number of carbonyl (C=O) groups excluding carboxylic acids is 1. The third kappa shape index (κ3) is 3.76. The highest BCUT2D eigenvalue weighted by Gasteiger charge is 2.01. The van der Waals surface area contributed by atoms with Gasteiger partial charge in [0.15, 0.2) is 0 Å². The number of pyridine rings is 1. The van der Waals surface area contributed by atoms with Crippen LogP contribution in [0.25, 0.3) is 0 Å². The van der Waals surface area contributed by atoms with Crippen LogP contribution in [0.1, 0.15) is 12.6 Å². The van der Waals surface area contributed by atoms with Gasteiger partial charge in [0, 0.05) is 18.3 Å². The van der Waals surface area contributed by atoms with Crippen LogP contribution in [-0.2, 0) is 4.79 Å². The summed E-state index contributed by atoms with van der Waals surface area (Å²) >= 11 is 4.85. The number of carbonyl (C=O) groups is 1. The highest BCUT2D eigenvalue weighted by atomic mass is 32.1. The topological polar surface area (TPSA) is 80.0 Å². The lowest BCUT2D eigenvalue weighted by Crippen LogP contribution is -2.11. The molecule has 20 heavy (non-hydrogen) atoms. The molecule has 102 valence electrons. The van der Waals surface area contributed by atoms with Crippen molar-refractivity contribution in [1.82, 2.24) is 4.98 Å². The summed E-state index contributed by atoms with van der Waals surface area (Å²) in [5.74, 6) is -0.107. The van der Waals surface area contributed by atoms with Gasteiger partial charge < -0.3 is 16.4 Å². The van der Waals surface area contributed by atoms with Crippen molar-refractivity contribution in [2.45, 2.75) is 6.92 Å². The molecule has 6 heteroatoms. The Morgan fingerprint density at radius 1 is 1.20 bits per heavy atom. The second-order valence-electron chi connectivity index (χ2n) is 4.18. The van der Waals surface area contributed by atoms with E-state index in [1.807, 2.05) is 30.3 Å². The molecule has 0 aliphatic carbocycles. The van der Waals surface area contributed by atoms with Gasteiger partial charge in [0.1, 0.15) is 4.99 Å². The van der Waals surface area contributed by atoms with Crippen LogP contribution in [0.4, 0.5) is 17.1 Å². The van der Waals surface area contributed by atoms with Crippen LogP contribution in [0, 0.1) is 0 Å².